The second kappa shape index (κ2) is 6.45. The number of hydrogen-bond acceptors (Lipinski definition) is 5. The minimum atomic E-state index is 0.722. The molecule has 0 bridgehead atoms. The Morgan fingerprint density at radius 3 is 2.86 bits per heavy atom. The number of benzene rings is 1. The zero-order chi connectivity index (χ0) is 14.7. The van der Waals surface area contributed by atoms with E-state index in [2.05, 4.69) is 26.5 Å². The van der Waals surface area contributed by atoms with Gasteiger partial charge in [-0.05, 0) is 38.0 Å². The summed E-state index contributed by atoms with van der Waals surface area (Å²) in [6.45, 7) is 4.20. The van der Waals surface area contributed by atoms with E-state index >= 15 is 0 Å². The summed E-state index contributed by atoms with van der Waals surface area (Å²) in [6, 6.07) is 6.13. The van der Waals surface area contributed by atoms with Gasteiger partial charge in [0.25, 0.3) is 0 Å². The van der Waals surface area contributed by atoms with Gasteiger partial charge >= 0.3 is 0 Å². The van der Waals surface area contributed by atoms with Crippen LogP contribution in [0.2, 0.25) is 5.02 Å². The van der Waals surface area contributed by atoms with E-state index < -0.39 is 0 Å². The van der Waals surface area contributed by atoms with E-state index in [9.17, 15) is 0 Å². The topological polar surface area (TPSA) is 40.5 Å². The number of rotatable bonds is 4. The molecule has 1 saturated heterocycles. The molecule has 3 rings (SSSR count). The number of hydrogen-bond donors (Lipinski definition) is 1. The number of aromatic nitrogens is 1. The summed E-state index contributed by atoms with van der Waals surface area (Å²) in [5, 5.41) is 7.68. The number of anilines is 2. The van der Waals surface area contributed by atoms with Crippen LogP contribution in [-0.4, -0.2) is 24.3 Å². The SMILES string of the molecule is Cc1csc(NN=Cc2ccc(N3CCCC3)cc2Cl)n1. The molecule has 1 fully saturated rings. The van der Waals surface area contributed by atoms with E-state index in [1.807, 2.05) is 24.4 Å². The molecule has 0 unspecified atom stereocenters. The van der Waals surface area contributed by atoms with Crippen LogP contribution in [0.25, 0.3) is 0 Å². The zero-order valence-corrected chi connectivity index (χ0v) is 13.4. The smallest absolute Gasteiger partial charge is 0.203 e. The van der Waals surface area contributed by atoms with Crippen molar-refractivity contribution in [1.82, 2.24) is 4.98 Å². The number of nitrogens with zero attached hydrogens (tertiary/aromatic N) is 3. The summed E-state index contributed by atoms with van der Waals surface area (Å²) in [5.74, 6) is 0. The van der Waals surface area contributed by atoms with E-state index in [1.54, 1.807) is 6.21 Å². The van der Waals surface area contributed by atoms with Gasteiger partial charge in [0, 0.05) is 29.7 Å². The molecular formula is C15H17ClN4S. The van der Waals surface area contributed by atoms with Crippen molar-refractivity contribution in [2.75, 3.05) is 23.4 Å². The molecule has 2 heterocycles. The van der Waals surface area contributed by atoms with Gasteiger partial charge in [-0.15, -0.1) is 11.3 Å². The van der Waals surface area contributed by atoms with Crippen LogP contribution in [0, 0.1) is 6.92 Å². The van der Waals surface area contributed by atoms with Crippen molar-refractivity contribution in [3.05, 3.63) is 39.9 Å². The van der Waals surface area contributed by atoms with Crippen LogP contribution >= 0.6 is 22.9 Å². The van der Waals surface area contributed by atoms with Crippen LogP contribution in [0.3, 0.4) is 0 Å². The van der Waals surface area contributed by atoms with Crippen LogP contribution in [0.5, 0.6) is 0 Å². The molecule has 1 aliphatic rings. The van der Waals surface area contributed by atoms with E-state index in [4.69, 9.17) is 11.6 Å². The van der Waals surface area contributed by atoms with Crippen molar-refractivity contribution in [3.63, 3.8) is 0 Å². The molecule has 0 atom stereocenters. The maximum Gasteiger partial charge on any atom is 0.203 e. The fraction of sp³-hybridized carbons (Fsp3) is 0.333. The quantitative estimate of drug-likeness (QED) is 0.679. The first-order valence-electron chi connectivity index (χ1n) is 6.98. The average Bonchev–Trinajstić information content (AvgIpc) is 3.12. The molecule has 1 aliphatic heterocycles. The van der Waals surface area contributed by atoms with Crippen molar-refractivity contribution >= 4 is 40.0 Å². The summed E-state index contributed by atoms with van der Waals surface area (Å²) < 4.78 is 0. The molecule has 2 aromatic rings. The molecule has 1 aromatic heterocycles. The van der Waals surface area contributed by atoms with Gasteiger partial charge in [-0.2, -0.15) is 5.10 Å². The van der Waals surface area contributed by atoms with Crippen LogP contribution in [0.1, 0.15) is 24.1 Å². The third-order valence-electron chi connectivity index (χ3n) is 3.44. The molecule has 0 amide bonds. The Balaban J connectivity index is 1.67. The predicted molar refractivity (Wildman–Crippen MR) is 91.0 cm³/mol. The lowest BCUT2D eigenvalue weighted by Crippen LogP contribution is -2.17. The highest BCUT2D eigenvalue weighted by atomic mass is 35.5. The second-order valence-corrected chi connectivity index (χ2v) is 6.33. The van der Waals surface area contributed by atoms with E-state index in [0.717, 1.165) is 34.5 Å². The number of nitrogens with one attached hydrogen (secondary N) is 1. The fourth-order valence-electron chi connectivity index (χ4n) is 2.36. The van der Waals surface area contributed by atoms with Crippen LogP contribution in [0.15, 0.2) is 28.7 Å². The maximum absolute atomic E-state index is 6.33. The first-order chi connectivity index (χ1) is 10.2. The standard InChI is InChI=1S/C15H17ClN4S/c1-11-10-21-15(18-11)19-17-9-12-4-5-13(8-14(12)16)20-6-2-3-7-20/h4-5,8-10H,2-3,6-7H2,1H3,(H,18,19). The van der Waals surface area contributed by atoms with Gasteiger partial charge in [-0.1, -0.05) is 11.6 Å². The molecule has 21 heavy (non-hydrogen) atoms. The van der Waals surface area contributed by atoms with E-state index in [1.165, 1.54) is 29.9 Å². The largest absolute Gasteiger partial charge is 0.371 e. The Bertz CT molecular complexity index is 647. The molecule has 1 aromatic carbocycles. The number of hydrazone groups is 1. The highest BCUT2D eigenvalue weighted by molar-refractivity contribution is 7.13. The monoisotopic (exact) mass is 320 g/mol. The zero-order valence-electron chi connectivity index (χ0n) is 11.8. The minimum Gasteiger partial charge on any atom is -0.371 e. The van der Waals surface area contributed by atoms with E-state index in [0.29, 0.717) is 0 Å². The summed E-state index contributed by atoms with van der Waals surface area (Å²) in [5.41, 5.74) is 6.01. The first kappa shape index (κ1) is 14.4. The van der Waals surface area contributed by atoms with Crippen molar-refractivity contribution in [1.29, 1.82) is 0 Å². The van der Waals surface area contributed by atoms with Gasteiger partial charge in [-0.25, -0.2) is 4.98 Å². The summed E-state index contributed by atoms with van der Waals surface area (Å²) in [6.07, 6.45) is 4.25. The summed E-state index contributed by atoms with van der Waals surface area (Å²) in [7, 11) is 0. The highest BCUT2D eigenvalue weighted by Gasteiger charge is 2.13. The molecule has 0 radical (unpaired) electrons. The van der Waals surface area contributed by atoms with Gasteiger partial charge in [0.2, 0.25) is 5.13 Å². The number of halogens is 1. The molecule has 110 valence electrons. The lowest BCUT2D eigenvalue weighted by Gasteiger charge is -2.18. The molecule has 0 aliphatic carbocycles. The molecule has 4 nitrogen and oxygen atoms in total. The maximum atomic E-state index is 6.33. The Labute approximate surface area is 133 Å². The van der Waals surface area contributed by atoms with Crippen molar-refractivity contribution < 1.29 is 0 Å². The number of thiazole rings is 1. The van der Waals surface area contributed by atoms with Crippen LogP contribution in [-0.2, 0) is 0 Å². The van der Waals surface area contributed by atoms with Crippen LogP contribution in [0.4, 0.5) is 10.8 Å². The van der Waals surface area contributed by atoms with E-state index in [-0.39, 0.29) is 0 Å². The third-order valence-corrected chi connectivity index (χ3v) is 4.63. The van der Waals surface area contributed by atoms with Gasteiger partial charge in [0.1, 0.15) is 0 Å². The molecular weight excluding hydrogens is 304 g/mol. The van der Waals surface area contributed by atoms with Gasteiger partial charge in [-0.3, -0.25) is 5.43 Å². The lowest BCUT2D eigenvalue weighted by atomic mass is 10.2. The lowest BCUT2D eigenvalue weighted by molar-refractivity contribution is 0.949. The molecule has 0 spiro atoms. The van der Waals surface area contributed by atoms with Gasteiger partial charge in [0.15, 0.2) is 0 Å². The Morgan fingerprint density at radius 2 is 2.19 bits per heavy atom. The normalized spacial score (nSPS) is 15.0. The summed E-state index contributed by atoms with van der Waals surface area (Å²) in [4.78, 5) is 6.65. The highest BCUT2D eigenvalue weighted by Crippen LogP contribution is 2.25. The second-order valence-electron chi connectivity index (χ2n) is 5.06. The van der Waals surface area contributed by atoms with Crippen LogP contribution < -0.4 is 10.3 Å². The molecule has 6 heteroatoms. The van der Waals surface area contributed by atoms with Crippen molar-refractivity contribution in [2.24, 2.45) is 5.10 Å². The fourth-order valence-corrected chi connectivity index (χ4v) is 3.22. The number of aryl methyl sites for hydroxylation is 1. The summed E-state index contributed by atoms with van der Waals surface area (Å²) >= 11 is 7.87. The van der Waals surface area contributed by atoms with Crippen molar-refractivity contribution in [2.45, 2.75) is 19.8 Å². The Morgan fingerprint density at radius 1 is 1.38 bits per heavy atom. The first-order valence-corrected chi connectivity index (χ1v) is 8.24. The van der Waals surface area contributed by atoms with Gasteiger partial charge < -0.3 is 4.90 Å². The minimum absolute atomic E-state index is 0.722. The predicted octanol–water partition coefficient (Wildman–Crippen LogP) is 4.15. The Kier molecular flexibility index (Phi) is 4.41. The molecule has 1 N–H and O–H groups in total. The Hall–Kier alpha value is -1.59. The van der Waals surface area contributed by atoms with Crippen molar-refractivity contribution in [3.8, 4) is 0 Å². The molecule has 0 saturated carbocycles. The van der Waals surface area contributed by atoms with Gasteiger partial charge in [0.05, 0.1) is 16.9 Å². The third kappa shape index (κ3) is 3.54. The average molecular weight is 321 g/mol.